The predicted molar refractivity (Wildman–Crippen MR) is 268 cm³/mol. The molecule has 5 saturated carbocycles. The Morgan fingerprint density at radius 2 is 0.857 bits per heavy atom. The molecule has 3 heteroatoms. The van der Waals surface area contributed by atoms with Gasteiger partial charge in [-0.1, -0.05) is 135 Å². The highest BCUT2D eigenvalue weighted by atomic mass is 28.3. The summed E-state index contributed by atoms with van der Waals surface area (Å²) in [6.07, 6.45) is 13.6. The third-order valence-corrected chi connectivity index (χ3v) is 20.3. The molecule has 2 nitrogen and oxygen atoms in total. The van der Waals surface area contributed by atoms with E-state index in [1.54, 1.807) is 10.4 Å². The third kappa shape index (κ3) is 6.48. The molecule has 314 valence electrons. The highest BCUT2D eigenvalue weighted by molar-refractivity contribution is 7.03. The maximum Gasteiger partial charge on any atom is 0.113 e. The highest BCUT2D eigenvalue weighted by Crippen LogP contribution is 2.65. The van der Waals surface area contributed by atoms with Gasteiger partial charge in [-0.15, -0.1) is 0 Å². The van der Waals surface area contributed by atoms with Crippen LogP contribution in [0.3, 0.4) is 0 Å². The molecule has 7 aromatic carbocycles. The molecular weight excluding hydrogens is 777 g/mol. The summed E-state index contributed by atoms with van der Waals surface area (Å²) in [5.41, 5.74) is 14.7. The van der Waals surface area contributed by atoms with E-state index in [0.717, 1.165) is 11.8 Å². The first-order valence-corrected chi connectivity index (χ1v) is 27.2. The molecule has 13 rings (SSSR count). The van der Waals surface area contributed by atoms with Gasteiger partial charge in [0.25, 0.3) is 0 Å². The van der Waals surface area contributed by atoms with E-state index in [9.17, 15) is 0 Å². The molecule has 0 atom stereocenters. The summed E-state index contributed by atoms with van der Waals surface area (Å²) in [5.74, 6) is 3.79. The minimum atomic E-state index is -1.87. The summed E-state index contributed by atoms with van der Waals surface area (Å²) >= 11 is 0. The monoisotopic (exact) mass is 836 g/mol. The van der Waals surface area contributed by atoms with Crippen molar-refractivity contribution in [3.8, 4) is 11.1 Å². The summed E-state index contributed by atoms with van der Waals surface area (Å²) in [4.78, 5) is 4.96. The molecule has 4 bridgehead atoms. The van der Waals surface area contributed by atoms with Gasteiger partial charge in [0, 0.05) is 39.5 Å². The molecule has 5 fully saturated rings. The first-order chi connectivity index (χ1) is 30.9. The topological polar surface area (TPSA) is 6.48 Å². The molecule has 0 unspecified atom stereocenters. The van der Waals surface area contributed by atoms with Gasteiger partial charge in [-0.05, 0) is 186 Å². The second-order valence-corrected chi connectivity index (χ2v) is 24.8. The van der Waals surface area contributed by atoms with Crippen LogP contribution in [0.15, 0.2) is 176 Å². The fourth-order valence-electron chi connectivity index (χ4n) is 14.0. The lowest BCUT2D eigenvalue weighted by Gasteiger charge is -2.62. The van der Waals surface area contributed by atoms with E-state index >= 15 is 0 Å². The van der Waals surface area contributed by atoms with Gasteiger partial charge in [0.2, 0.25) is 0 Å². The largest absolute Gasteiger partial charge is 0.311 e. The Kier molecular flexibility index (Phi) is 9.63. The number of hydrogen-bond donors (Lipinski definition) is 0. The lowest BCUT2D eigenvalue weighted by molar-refractivity contribution is -0.0418. The summed E-state index contributed by atoms with van der Waals surface area (Å²) < 4.78 is 0. The lowest BCUT2D eigenvalue weighted by atomic mass is 9.42. The van der Waals surface area contributed by atoms with Crippen LogP contribution < -0.4 is 20.2 Å². The molecule has 0 aromatic heterocycles. The summed E-state index contributed by atoms with van der Waals surface area (Å²) in [5, 5.41) is 3.11. The quantitative estimate of drug-likeness (QED) is 0.134. The number of benzene rings is 7. The van der Waals surface area contributed by atoms with Gasteiger partial charge >= 0.3 is 0 Å². The molecule has 0 N–H and O–H groups in total. The Balaban J connectivity index is 0.953. The normalized spacial score (nSPS) is 24.2. The predicted octanol–water partition coefficient (Wildman–Crippen LogP) is 15.2. The van der Waals surface area contributed by atoms with Gasteiger partial charge in [-0.2, -0.15) is 0 Å². The van der Waals surface area contributed by atoms with Gasteiger partial charge in [0.1, 0.15) is 8.07 Å². The van der Waals surface area contributed by atoms with Gasteiger partial charge in [-0.3, -0.25) is 0 Å². The number of nitrogens with zero attached hydrogens (tertiary/aromatic N) is 2. The molecule has 0 radical (unpaired) electrons. The van der Waals surface area contributed by atoms with Crippen LogP contribution in [0, 0.1) is 23.7 Å². The summed E-state index contributed by atoms with van der Waals surface area (Å²) in [6.45, 7) is 5.08. The van der Waals surface area contributed by atoms with E-state index in [0.29, 0.717) is 17.8 Å². The zero-order chi connectivity index (χ0) is 42.1. The summed E-state index contributed by atoms with van der Waals surface area (Å²) in [7, 11) is -1.87. The number of anilines is 6. The van der Waals surface area contributed by atoms with E-state index in [4.69, 9.17) is 0 Å². The average molecular weight is 837 g/mol. The van der Waals surface area contributed by atoms with Crippen LogP contribution in [0.5, 0.6) is 0 Å². The molecule has 0 spiro atoms. The standard InChI is InChI=1S/C60H60N2Si/c1-63(2)58-21-13-12-20-56(58)57-35-34-55(41-59(57)63)62(52-28-22-45(23-29-52)44-14-6-3-7-15-44)54-32-26-47(27-33-54)60(48-37-42-36-43(39-48)40-49(60)38-42)46-24-30-53(31-25-46)61(50-16-8-4-9-17-50)51-18-10-5-11-19-51/h4-5,8-13,16-35,41-44,48-49H,3,6-7,14-15,36-40H2,1-2H3. The van der Waals surface area contributed by atoms with Gasteiger partial charge < -0.3 is 9.80 Å². The third-order valence-electron chi connectivity index (χ3n) is 16.7. The van der Waals surface area contributed by atoms with Crippen molar-refractivity contribution in [2.45, 2.75) is 88.6 Å². The van der Waals surface area contributed by atoms with E-state index in [1.807, 2.05) is 0 Å². The van der Waals surface area contributed by atoms with Crippen molar-refractivity contribution in [2.75, 3.05) is 9.80 Å². The molecule has 0 saturated heterocycles. The minimum absolute atomic E-state index is 0.0102. The number of rotatable bonds is 9. The molecule has 1 heterocycles. The minimum Gasteiger partial charge on any atom is -0.311 e. The first kappa shape index (κ1) is 39.0. The zero-order valence-electron chi connectivity index (χ0n) is 37.1. The maximum absolute atomic E-state index is 2.56. The number of fused-ring (bicyclic) bond motifs is 3. The summed E-state index contributed by atoms with van der Waals surface area (Å²) in [6, 6.07) is 67.8. The van der Waals surface area contributed by atoms with Crippen LogP contribution in [-0.4, -0.2) is 8.07 Å². The molecule has 0 amide bonds. The SMILES string of the molecule is C[Si]1(C)c2ccccc2-c2ccc(N(c3ccc(C4CCCCC4)cc3)c3ccc(C4(c5ccc(N(c6ccccc6)c6ccccc6)cc5)C5CC6CC(C5)CC4C6)cc3)cc21. The van der Waals surface area contributed by atoms with Crippen molar-refractivity contribution in [3.05, 3.63) is 193 Å². The van der Waals surface area contributed by atoms with Crippen LogP contribution in [0.2, 0.25) is 13.1 Å². The number of para-hydroxylation sites is 2. The Bertz CT molecular complexity index is 2660. The Morgan fingerprint density at radius 1 is 0.413 bits per heavy atom. The first-order valence-electron chi connectivity index (χ1n) is 24.2. The zero-order valence-corrected chi connectivity index (χ0v) is 38.1. The molecule has 1 aliphatic heterocycles. The van der Waals surface area contributed by atoms with Crippen molar-refractivity contribution < 1.29 is 0 Å². The van der Waals surface area contributed by atoms with Crippen LogP contribution in [0.4, 0.5) is 34.1 Å². The van der Waals surface area contributed by atoms with Crippen molar-refractivity contribution in [2.24, 2.45) is 23.7 Å². The van der Waals surface area contributed by atoms with Crippen molar-refractivity contribution in [1.29, 1.82) is 0 Å². The van der Waals surface area contributed by atoms with Crippen LogP contribution >= 0.6 is 0 Å². The van der Waals surface area contributed by atoms with Crippen molar-refractivity contribution in [3.63, 3.8) is 0 Å². The molecule has 7 aromatic rings. The molecule has 63 heavy (non-hydrogen) atoms. The molecule has 6 aliphatic rings. The van der Waals surface area contributed by atoms with Crippen molar-refractivity contribution >= 4 is 52.6 Å². The Labute approximate surface area is 376 Å². The van der Waals surface area contributed by atoms with Crippen LogP contribution in [0.1, 0.15) is 86.8 Å². The Morgan fingerprint density at radius 3 is 1.41 bits per heavy atom. The molecular formula is C60H60N2Si. The maximum atomic E-state index is 2.56. The second-order valence-electron chi connectivity index (χ2n) is 20.4. The highest BCUT2D eigenvalue weighted by Gasteiger charge is 2.58. The fraction of sp³-hybridized carbons (Fsp3) is 0.300. The van der Waals surface area contributed by atoms with Gasteiger partial charge in [-0.25, -0.2) is 0 Å². The van der Waals surface area contributed by atoms with Crippen molar-refractivity contribution in [1.82, 2.24) is 0 Å². The molecule has 5 aliphatic carbocycles. The Hall–Kier alpha value is -5.64. The van der Waals surface area contributed by atoms with E-state index < -0.39 is 8.07 Å². The average Bonchev–Trinajstić information content (AvgIpc) is 3.56. The van der Waals surface area contributed by atoms with E-state index in [2.05, 4.69) is 199 Å². The van der Waals surface area contributed by atoms with Crippen LogP contribution in [-0.2, 0) is 5.41 Å². The van der Waals surface area contributed by atoms with Gasteiger partial charge in [0.15, 0.2) is 0 Å². The number of hydrogen-bond acceptors (Lipinski definition) is 2. The van der Waals surface area contributed by atoms with Crippen LogP contribution in [0.25, 0.3) is 11.1 Å². The lowest BCUT2D eigenvalue weighted by Crippen LogP contribution is -2.56. The van der Waals surface area contributed by atoms with E-state index in [-0.39, 0.29) is 5.41 Å². The van der Waals surface area contributed by atoms with E-state index in [1.165, 1.54) is 126 Å². The van der Waals surface area contributed by atoms with Gasteiger partial charge in [0.05, 0.1) is 0 Å². The fourth-order valence-corrected chi connectivity index (χ4v) is 17.1. The smallest absolute Gasteiger partial charge is 0.113 e. The second kappa shape index (κ2) is 15.6.